The molecule has 0 aromatic carbocycles. The molecule has 110 valence electrons. The third-order valence-electron chi connectivity index (χ3n) is 3.70. The van der Waals surface area contributed by atoms with E-state index in [1.807, 2.05) is 0 Å². The third kappa shape index (κ3) is 3.46. The van der Waals surface area contributed by atoms with Crippen molar-refractivity contribution in [3.63, 3.8) is 0 Å². The topological polar surface area (TPSA) is 76.9 Å². The summed E-state index contributed by atoms with van der Waals surface area (Å²) >= 11 is 0. The van der Waals surface area contributed by atoms with Crippen LogP contribution in [0.1, 0.15) is 23.2 Å². The second kappa shape index (κ2) is 6.67. The van der Waals surface area contributed by atoms with Crippen LogP contribution in [0.5, 0.6) is 5.75 Å². The highest BCUT2D eigenvalue weighted by molar-refractivity contribution is 5.94. The lowest BCUT2D eigenvalue weighted by Gasteiger charge is -2.37. The number of aliphatic hydroxyl groups excluding tert-OH is 1. The Morgan fingerprint density at radius 1 is 1.45 bits per heavy atom. The fourth-order valence-electron chi connectivity index (χ4n) is 2.57. The molecule has 2 heterocycles. The average Bonchev–Trinajstić information content (AvgIpc) is 2.45. The SMILES string of the molecule is CN1CCC(N(CCO)C(=O)c2cncc(O)c2)CC1. The van der Waals surface area contributed by atoms with Gasteiger partial charge < -0.3 is 20.0 Å². The summed E-state index contributed by atoms with van der Waals surface area (Å²) in [6.07, 6.45) is 4.53. The maximum Gasteiger partial charge on any atom is 0.255 e. The zero-order valence-electron chi connectivity index (χ0n) is 11.7. The summed E-state index contributed by atoms with van der Waals surface area (Å²) in [5.41, 5.74) is 0.359. The first-order valence-electron chi connectivity index (χ1n) is 6.86. The number of carbonyl (C=O) groups is 1. The summed E-state index contributed by atoms with van der Waals surface area (Å²) < 4.78 is 0. The van der Waals surface area contributed by atoms with E-state index in [9.17, 15) is 15.0 Å². The fraction of sp³-hybridized carbons (Fsp3) is 0.571. The number of hydrogen-bond donors (Lipinski definition) is 2. The van der Waals surface area contributed by atoms with Gasteiger partial charge in [-0.05, 0) is 39.0 Å². The average molecular weight is 279 g/mol. The van der Waals surface area contributed by atoms with Crippen molar-refractivity contribution in [1.82, 2.24) is 14.8 Å². The van der Waals surface area contributed by atoms with Crippen molar-refractivity contribution in [2.75, 3.05) is 33.3 Å². The van der Waals surface area contributed by atoms with E-state index in [2.05, 4.69) is 16.9 Å². The molecule has 1 amide bonds. The molecule has 2 rings (SSSR count). The van der Waals surface area contributed by atoms with E-state index >= 15 is 0 Å². The maximum absolute atomic E-state index is 12.5. The quantitative estimate of drug-likeness (QED) is 0.830. The van der Waals surface area contributed by atoms with E-state index in [0.717, 1.165) is 25.9 Å². The molecule has 6 nitrogen and oxygen atoms in total. The second-order valence-corrected chi connectivity index (χ2v) is 5.19. The van der Waals surface area contributed by atoms with Crippen LogP contribution in [0.2, 0.25) is 0 Å². The van der Waals surface area contributed by atoms with E-state index < -0.39 is 0 Å². The van der Waals surface area contributed by atoms with E-state index in [1.54, 1.807) is 4.90 Å². The molecule has 1 aliphatic rings. The Morgan fingerprint density at radius 2 is 2.15 bits per heavy atom. The van der Waals surface area contributed by atoms with Gasteiger partial charge in [-0.1, -0.05) is 0 Å². The molecule has 0 aliphatic carbocycles. The van der Waals surface area contributed by atoms with Crippen LogP contribution in [-0.4, -0.2) is 70.2 Å². The van der Waals surface area contributed by atoms with Crippen LogP contribution in [0.15, 0.2) is 18.5 Å². The van der Waals surface area contributed by atoms with Gasteiger partial charge in [-0.15, -0.1) is 0 Å². The number of nitrogens with zero attached hydrogens (tertiary/aromatic N) is 3. The van der Waals surface area contributed by atoms with Gasteiger partial charge in [0, 0.05) is 18.8 Å². The first-order valence-corrected chi connectivity index (χ1v) is 6.86. The minimum absolute atomic E-state index is 0.0248. The monoisotopic (exact) mass is 279 g/mol. The van der Waals surface area contributed by atoms with Crippen molar-refractivity contribution in [3.05, 3.63) is 24.0 Å². The molecule has 0 saturated carbocycles. The van der Waals surface area contributed by atoms with Crippen LogP contribution in [0.3, 0.4) is 0 Å². The minimum atomic E-state index is -0.183. The van der Waals surface area contributed by atoms with Crippen LogP contribution in [-0.2, 0) is 0 Å². The van der Waals surface area contributed by atoms with Crippen LogP contribution < -0.4 is 0 Å². The van der Waals surface area contributed by atoms with Crippen molar-refractivity contribution in [1.29, 1.82) is 0 Å². The highest BCUT2D eigenvalue weighted by Crippen LogP contribution is 2.19. The first-order chi connectivity index (χ1) is 9.61. The number of piperidine rings is 1. The van der Waals surface area contributed by atoms with Crippen LogP contribution >= 0.6 is 0 Å². The predicted octanol–water partition coefficient (Wildman–Crippen LogP) is 0.316. The highest BCUT2D eigenvalue weighted by Gasteiger charge is 2.27. The summed E-state index contributed by atoms with van der Waals surface area (Å²) in [7, 11) is 2.06. The van der Waals surface area contributed by atoms with E-state index in [1.165, 1.54) is 18.5 Å². The summed E-state index contributed by atoms with van der Waals surface area (Å²) in [5.74, 6) is -0.208. The molecular formula is C14H21N3O3. The Bertz CT molecular complexity index is 459. The number of aliphatic hydroxyl groups is 1. The Morgan fingerprint density at radius 3 is 2.75 bits per heavy atom. The van der Waals surface area contributed by atoms with Crippen LogP contribution in [0.25, 0.3) is 0 Å². The van der Waals surface area contributed by atoms with Crippen LogP contribution in [0.4, 0.5) is 0 Å². The highest BCUT2D eigenvalue weighted by atomic mass is 16.3. The number of carbonyl (C=O) groups excluding carboxylic acids is 1. The van der Waals surface area contributed by atoms with Gasteiger partial charge in [0.05, 0.1) is 18.4 Å². The van der Waals surface area contributed by atoms with E-state index in [0.29, 0.717) is 12.1 Å². The molecule has 1 aromatic rings. The molecule has 0 unspecified atom stereocenters. The molecule has 0 radical (unpaired) electrons. The van der Waals surface area contributed by atoms with Gasteiger partial charge in [0.2, 0.25) is 0 Å². The summed E-state index contributed by atoms with van der Waals surface area (Å²) in [4.78, 5) is 20.3. The molecule has 1 fully saturated rings. The molecule has 6 heteroatoms. The lowest BCUT2D eigenvalue weighted by atomic mass is 10.0. The number of likely N-dealkylation sites (tertiary alicyclic amines) is 1. The fourth-order valence-corrected chi connectivity index (χ4v) is 2.57. The van der Waals surface area contributed by atoms with Crippen LogP contribution in [0, 0.1) is 0 Å². The number of amides is 1. The second-order valence-electron chi connectivity index (χ2n) is 5.19. The molecule has 1 aliphatic heterocycles. The maximum atomic E-state index is 12.5. The van der Waals surface area contributed by atoms with Gasteiger partial charge in [-0.25, -0.2) is 0 Å². The third-order valence-corrected chi connectivity index (χ3v) is 3.70. The molecule has 0 spiro atoms. The minimum Gasteiger partial charge on any atom is -0.506 e. The van der Waals surface area contributed by atoms with Crippen molar-refractivity contribution in [2.24, 2.45) is 0 Å². The number of hydrogen-bond acceptors (Lipinski definition) is 5. The van der Waals surface area contributed by atoms with Crippen molar-refractivity contribution < 1.29 is 15.0 Å². The number of aromatic nitrogens is 1. The Hall–Kier alpha value is -1.66. The standard InChI is InChI=1S/C14H21N3O3/c1-16-4-2-12(3-5-16)17(6-7-18)14(20)11-8-13(19)10-15-9-11/h8-10,12,18-19H,2-7H2,1H3. The van der Waals surface area contributed by atoms with E-state index in [4.69, 9.17) is 0 Å². The Balaban J connectivity index is 2.13. The number of pyridine rings is 1. The van der Waals surface area contributed by atoms with Gasteiger partial charge in [0.1, 0.15) is 5.75 Å². The molecule has 1 saturated heterocycles. The smallest absolute Gasteiger partial charge is 0.255 e. The lowest BCUT2D eigenvalue weighted by molar-refractivity contribution is 0.0539. The zero-order valence-corrected chi connectivity index (χ0v) is 11.7. The number of aromatic hydroxyl groups is 1. The lowest BCUT2D eigenvalue weighted by Crippen LogP contribution is -2.47. The summed E-state index contributed by atoms with van der Waals surface area (Å²) in [5, 5.41) is 18.6. The van der Waals surface area contributed by atoms with Gasteiger partial charge in [-0.2, -0.15) is 0 Å². The molecule has 0 bridgehead atoms. The summed E-state index contributed by atoms with van der Waals surface area (Å²) in [6.45, 7) is 2.13. The predicted molar refractivity (Wildman–Crippen MR) is 74.5 cm³/mol. The Labute approximate surface area is 118 Å². The van der Waals surface area contributed by atoms with Gasteiger partial charge in [0.25, 0.3) is 5.91 Å². The number of rotatable bonds is 4. The van der Waals surface area contributed by atoms with Gasteiger partial charge in [0.15, 0.2) is 0 Å². The molecular weight excluding hydrogens is 258 g/mol. The zero-order chi connectivity index (χ0) is 14.5. The molecule has 20 heavy (non-hydrogen) atoms. The summed E-state index contributed by atoms with van der Waals surface area (Å²) in [6, 6.07) is 1.54. The van der Waals surface area contributed by atoms with Crippen molar-refractivity contribution in [2.45, 2.75) is 18.9 Å². The van der Waals surface area contributed by atoms with E-state index in [-0.39, 0.29) is 24.3 Å². The van der Waals surface area contributed by atoms with Gasteiger partial charge >= 0.3 is 0 Å². The normalized spacial score (nSPS) is 17.1. The first kappa shape index (κ1) is 14.7. The molecule has 2 N–H and O–H groups in total. The van der Waals surface area contributed by atoms with Crippen molar-refractivity contribution >= 4 is 5.91 Å². The van der Waals surface area contributed by atoms with Crippen molar-refractivity contribution in [3.8, 4) is 5.75 Å². The largest absolute Gasteiger partial charge is 0.506 e. The molecule has 1 aromatic heterocycles. The Kier molecular flexibility index (Phi) is 4.92. The molecule has 0 atom stereocenters. The van der Waals surface area contributed by atoms with Gasteiger partial charge in [-0.3, -0.25) is 9.78 Å².